The Hall–Kier alpha value is -5.81. The van der Waals surface area contributed by atoms with Crippen LogP contribution in [-0.2, 0) is 16.1 Å². The van der Waals surface area contributed by atoms with Crippen molar-refractivity contribution in [1.29, 1.82) is 0 Å². The number of rotatable bonds is 7. The van der Waals surface area contributed by atoms with Crippen molar-refractivity contribution in [2.45, 2.75) is 58.7 Å². The van der Waals surface area contributed by atoms with Crippen LogP contribution in [0.1, 0.15) is 97.4 Å². The molecule has 1 unspecified atom stereocenters. The van der Waals surface area contributed by atoms with Gasteiger partial charge < -0.3 is 5.32 Å². The summed E-state index contributed by atoms with van der Waals surface area (Å²) in [5.74, 6) is 7.13. The van der Waals surface area contributed by atoms with Gasteiger partial charge in [0.2, 0.25) is 0 Å². The molecule has 2 fully saturated rings. The molecule has 5 aromatic rings. The molecule has 1 saturated heterocycles. The summed E-state index contributed by atoms with van der Waals surface area (Å²) in [5.41, 5.74) is 6.85. The van der Waals surface area contributed by atoms with E-state index in [2.05, 4.69) is 54.8 Å². The number of carbonyl (C=O) groups is 4. The number of carbonyl (C=O) groups excluding carboxylic acids is 4. The van der Waals surface area contributed by atoms with Crippen LogP contribution in [0, 0.1) is 31.6 Å². The number of Topliss-reactive ketones (excluding diaryl/α,β-unsaturated/α-hetero) is 2. The standard InChI is InChI=1S/C43H37ClN8O4S/c1-23-36(57-43-37(23)39(28-8-10-29(44)11-9-28)47-24(2)40-49-48-25(3)51(40)43)16-13-30-12-7-26(18-45-30)20-50-21-27(22-50)19-46-33-6-4-5-32-38(33)42(56)52(41(32)55)34-15-14-31(53)17-35(34)54/h4-12,18,24,27,34,46H,14-15,17,19-22H2,1-3H3/t24-,34?/m0/s1. The Morgan fingerprint density at radius 1 is 0.947 bits per heavy atom. The molecule has 1 saturated carbocycles. The molecule has 0 spiro atoms. The van der Waals surface area contributed by atoms with Gasteiger partial charge in [-0.15, -0.1) is 21.5 Å². The monoisotopic (exact) mass is 796 g/mol. The van der Waals surface area contributed by atoms with Gasteiger partial charge in [0.25, 0.3) is 11.8 Å². The second-order valence-electron chi connectivity index (χ2n) is 15.0. The van der Waals surface area contributed by atoms with E-state index in [0.717, 1.165) is 74.0 Å². The average molecular weight is 797 g/mol. The Morgan fingerprint density at radius 3 is 2.51 bits per heavy atom. The molecule has 0 bridgehead atoms. The maximum Gasteiger partial charge on any atom is 0.264 e. The zero-order valence-electron chi connectivity index (χ0n) is 31.5. The van der Waals surface area contributed by atoms with Gasteiger partial charge in [0, 0.05) is 66.6 Å². The van der Waals surface area contributed by atoms with Gasteiger partial charge in [0.15, 0.2) is 11.6 Å². The molecule has 1 aliphatic carbocycles. The molecule has 4 aliphatic rings. The number of benzene rings is 2. The summed E-state index contributed by atoms with van der Waals surface area (Å²) in [5, 5.41) is 13.9. The molecule has 3 aliphatic heterocycles. The van der Waals surface area contributed by atoms with Crippen molar-refractivity contribution in [2.24, 2.45) is 10.9 Å². The minimum atomic E-state index is -0.886. The van der Waals surface area contributed by atoms with Crippen molar-refractivity contribution in [3.63, 3.8) is 0 Å². The van der Waals surface area contributed by atoms with Crippen LogP contribution in [0.25, 0.3) is 5.00 Å². The smallest absolute Gasteiger partial charge is 0.264 e. The number of imide groups is 1. The molecule has 3 aromatic heterocycles. The number of hydrogen-bond acceptors (Lipinski definition) is 11. The van der Waals surface area contributed by atoms with Crippen LogP contribution in [-0.4, -0.2) is 84.3 Å². The van der Waals surface area contributed by atoms with E-state index in [4.69, 9.17) is 16.6 Å². The van der Waals surface area contributed by atoms with E-state index in [0.29, 0.717) is 40.0 Å². The summed E-state index contributed by atoms with van der Waals surface area (Å²) in [6, 6.07) is 15.8. The quantitative estimate of drug-likeness (QED) is 0.117. The number of amides is 2. The summed E-state index contributed by atoms with van der Waals surface area (Å²) < 4.78 is 2.09. The lowest BCUT2D eigenvalue weighted by atomic mass is 9.92. The highest BCUT2D eigenvalue weighted by Crippen LogP contribution is 2.39. The Balaban J connectivity index is 0.839. The van der Waals surface area contributed by atoms with Gasteiger partial charge in [-0.2, -0.15) is 0 Å². The minimum absolute atomic E-state index is 0.152. The number of aromatic nitrogens is 4. The molecule has 57 heavy (non-hydrogen) atoms. The third-order valence-corrected chi connectivity index (χ3v) is 12.5. The van der Waals surface area contributed by atoms with Gasteiger partial charge in [-0.1, -0.05) is 35.9 Å². The molecular weight excluding hydrogens is 760 g/mol. The Bertz CT molecular complexity index is 2600. The SMILES string of the molecule is Cc1c(C#Cc2ccc(CN3CC(CNc4cccc5c4C(=O)N(C4CCC(=O)CC4=O)C5=O)C3)cn2)sc2c1C(c1ccc(Cl)cc1)=N[C@@H](C)c1nnc(C)n1-2. The third-order valence-electron chi connectivity index (χ3n) is 11.1. The van der Waals surface area contributed by atoms with Crippen LogP contribution in [0.15, 0.2) is 65.8 Å². The van der Waals surface area contributed by atoms with Crippen molar-refractivity contribution in [3.05, 3.63) is 121 Å². The van der Waals surface area contributed by atoms with Crippen LogP contribution < -0.4 is 5.32 Å². The molecular formula is C43H37ClN8O4S. The number of ketones is 2. The predicted octanol–water partition coefficient (Wildman–Crippen LogP) is 6.14. The van der Waals surface area contributed by atoms with Crippen molar-refractivity contribution < 1.29 is 19.2 Å². The van der Waals surface area contributed by atoms with Crippen LogP contribution in [0.4, 0.5) is 5.69 Å². The number of halogens is 1. The predicted molar refractivity (Wildman–Crippen MR) is 216 cm³/mol. The second kappa shape index (κ2) is 14.6. The lowest BCUT2D eigenvalue weighted by Crippen LogP contribution is -2.49. The number of anilines is 1. The summed E-state index contributed by atoms with van der Waals surface area (Å²) in [4.78, 5) is 65.1. The Kier molecular flexibility index (Phi) is 9.43. The number of aliphatic imine (C=N–C) groups is 1. The van der Waals surface area contributed by atoms with E-state index in [1.54, 1.807) is 29.5 Å². The summed E-state index contributed by atoms with van der Waals surface area (Å²) in [6.07, 6.45) is 2.01. The van der Waals surface area contributed by atoms with Crippen molar-refractivity contribution in [1.82, 2.24) is 29.5 Å². The first kappa shape index (κ1) is 36.8. The van der Waals surface area contributed by atoms with Crippen molar-refractivity contribution in [2.75, 3.05) is 25.0 Å². The molecule has 286 valence electrons. The molecule has 14 heteroatoms. The van der Waals surface area contributed by atoms with Gasteiger partial charge in [-0.25, -0.2) is 4.98 Å². The van der Waals surface area contributed by atoms with Gasteiger partial charge in [0.1, 0.15) is 28.3 Å². The Morgan fingerprint density at radius 2 is 1.75 bits per heavy atom. The van der Waals surface area contributed by atoms with Crippen LogP contribution in [0.2, 0.25) is 5.02 Å². The fourth-order valence-electron chi connectivity index (χ4n) is 8.12. The zero-order chi connectivity index (χ0) is 39.5. The maximum atomic E-state index is 13.5. The van der Waals surface area contributed by atoms with Gasteiger partial charge in [-0.3, -0.25) is 38.5 Å². The highest BCUT2D eigenvalue weighted by molar-refractivity contribution is 7.15. The minimum Gasteiger partial charge on any atom is -0.384 e. The number of hydrogen-bond donors (Lipinski definition) is 1. The summed E-state index contributed by atoms with van der Waals surface area (Å²) >= 11 is 7.84. The van der Waals surface area contributed by atoms with E-state index < -0.39 is 17.9 Å². The second-order valence-corrected chi connectivity index (χ2v) is 16.5. The lowest BCUT2D eigenvalue weighted by Gasteiger charge is -2.39. The molecule has 6 heterocycles. The number of nitrogens with one attached hydrogen (secondary N) is 1. The highest BCUT2D eigenvalue weighted by atomic mass is 35.5. The van der Waals surface area contributed by atoms with Crippen LogP contribution in [0.3, 0.4) is 0 Å². The number of nitrogens with zero attached hydrogens (tertiary/aromatic N) is 7. The van der Waals surface area contributed by atoms with Crippen molar-refractivity contribution in [3.8, 4) is 16.8 Å². The van der Waals surface area contributed by atoms with E-state index in [9.17, 15) is 19.2 Å². The molecule has 2 aromatic carbocycles. The van der Waals surface area contributed by atoms with E-state index in [1.807, 2.05) is 50.4 Å². The number of fused-ring (bicyclic) bond motifs is 4. The number of thiophene rings is 1. The van der Waals surface area contributed by atoms with Crippen LogP contribution in [0.5, 0.6) is 0 Å². The summed E-state index contributed by atoms with van der Waals surface area (Å²) in [6.45, 7) is 9.18. The molecule has 2 amide bonds. The van der Waals surface area contributed by atoms with Crippen molar-refractivity contribution >= 4 is 57.7 Å². The number of likely N-dealkylation sites (tertiary alicyclic amines) is 1. The molecule has 2 atom stereocenters. The fourth-order valence-corrected chi connectivity index (χ4v) is 9.47. The Labute approximate surface area is 338 Å². The first-order valence-electron chi connectivity index (χ1n) is 18.9. The molecule has 1 N–H and O–H groups in total. The third kappa shape index (κ3) is 6.67. The molecule has 12 nitrogen and oxygen atoms in total. The number of aryl methyl sites for hydroxylation is 1. The lowest BCUT2D eigenvalue weighted by molar-refractivity contribution is -0.132. The average Bonchev–Trinajstić information content (AvgIpc) is 3.78. The van der Waals surface area contributed by atoms with Crippen LogP contribution >= 0.6 is 22.9 Å². The van der Waals surface area contributed by atoms with Gasteiger partial charge in [-0.05, 0) is 80.5 Å². The maximum absolute atomic E-state index is 13.5. The zero-order valence-corrected chi connectivity index (χ0v) is 33.1. The van der Waals surface area contributed by atoms with Gasteiger partial charge in [0.05, 0.1) is 34.2 Å². The molecule has 0 radical (unpaired) electrons. The topological polar surface area (TPSA) is 143 Å². The number of pyridine rings is 1. The largest absolute Gasteiger partial charge is 0.384 e. The highest BCUT2D eigenvalue weighted by Gasteiger charge is 2.45. The van der Waals surface area contributed by atoms with E-state index in [1.165, 1.54) is 0 Å². The first-order chi connectivity index (χ1) is 27.5. The normalized spacial score (nSPS) is 19.3. The summed E-state index contributed by atoms with van der Waals surface area (Å²) in [7, 11) is 0. The first-order valence-corrected chi connectivity index (χ1v) is 20.1. The van der Waals surface area contributed by atoms with E-state index in [-0.39, 0.29) is 36.9 Å². The van der Waals surface area contributed by atoms with Gasteiger partial charge >= 0.3 is 0 Å². The fraction of sp³-hybridized carbons (Fsp3) is 0.302. The molecule has 9 rings (SSSR count). The van der Waals surface area contributed by atoms with E-state index >= 15 is 0 Å².